The summed E-state index contributed by atoms with van der Waals surface area (Å²) in [7, 11) is 0. The molecule has 2 N–H and O–H groups in total. The molecule has 4 aromatic rings. The fourth-order valence-corrected chi connectivity index (χ4v) is 6.05. The topological polar surface area (TPSA) is 101 Å². The van der Waals surface area contributed by atoms with Gasteiger partial charge in [-0.05, 0) is 37.5 Å². The smallest absolute Gasteiger partial charge is 0.213 e. The lowest BCUT2D eigenvalue weighted by Crippen LogP contribution is -2.26. The number of ether oxygens (including phenoxy) is 2. The van der Waals surface area contributed by atoms with Gasteiger partial charge in [-0.2, -0.15) is 5.26 Å². The Morgan fingerprint density at radius 3 is 2.47 bits per heavy atom. The lowest BCUT2D eigenvalue weighted by Gasteiger charge is -2.26. The quantitative estimate of drug-likeness (QED) is 0.333. The van der Waals surface area contributed by atoms with Gasteiger partial charge in [0.25, 0.3) is 0 Å². The number of aromatic nitrogens is 2. The molecule has 36 heavy (non-hydrogen) atoms. The highest BCUT2D eigenvalue weighted by molar-refractivity contribution is 6.30. The molecule has 2 aromatic carbocycles. The van der Waals surface area contributed by atoms with Crippen molar-refractivity contribution < 1.29 is 19.7 Å². The maximum absolute atomic E-state index is 11.6. The Labute approximate surface area is 213 Å². The van der Waals surface area contributed by atoms with Crippen molar-refractivity contribution in [3.05, 3.63) is 76.4 Å². The first kappa shape index (κ1) is 22.7. The molecule has 2 bridgehead atoms. The Hall–Kier alpha value is -3.73. The van der Waals surface area contributed by atoms with E-state index in [0.717, 1.165) is 17.2 Å². The minimum atomic E-state index is -0.785. The number of nitrogens with zero attached hydrogens (tertiary/aromatic N) is 3. The second-order valence-electron chi connectivity index (χ2n) is 9.38. The minimum Gasteiger partial charge on any atom is -0.494 e. The Morgan fingerprint density at radius 2 is 1.78 bits per heavy atom. The molecule has 1 saturated heterocycles. The zero-order valence-corrected chi connectivity index (χ0v) is 20.4. The van der Waals surface area contributed by atoms with Crippen molar-refractivity contribution in [3.8, 4) is 29.4 Å². The Morgan fingerprint density at radius 1 is 1.06 bits per heavy atom. The summed E-state index contributed by atoms with van der Waals surface area (Å²) in [5.41, 5.74) is 0.944. The van der Waals surface area contributed by atoms with Gasteiger partial charge in [0, 0.05) is 29.5 Å². The Balaban J connectivity index is 1.45. The molecule has 8 heteroatoms. The van der Waals surface area contributed by atoms with Gasteiger partial charge in [0.05, 0.1) is 45.7 Å². The van der Waals surface area contributed by atoms with Crippen LogP contribution in [0.15, 0.2) is 54.7 Å². The van der Waals surface area contributed by atoms with Gasteiger partial charge in [-0.15, -0.1) is 0 Å². The van der Waals surface area contributed by atoms with E-state index >= 15 is 0 Å². The van der Waals surface area contributed by atoms with Crippen molar-refractivity contribution in [3.63, 3.8) is 0 Å². The lowest BCUT2D eigenvalue weighted by atomic mass is 9.76. The van der Waals surface area contributed by atoms with Crippen molar-refractivity contribution in [2.45, 2.75) is 43.8 Å². The average Bonchev–Trinajstić information content (AvgIpc) is 3.51. The van der Waals surface area contributed by atoms with E-state index in [0.29, 0.717) is 59.1 Å². The molecule has 6 rings (SSSR count). The first-order chi connectivity index (χ1) is 17.4. The van der Waals surface area contributed by atoms with Crippen molar-refractivity contribution in [1.29, 1.82) is 5.26 Å². The van der Waals surface area contributed by atoms with Crippen LogP contribution in [0.2, 0.25) is 5.02 Å². The number of aromatic hydroxyl groups is 2. The number of halogens is 1. The number of fused-ring (bicyclic) bond motifs is 6. The summed E-state index contributed by atoms with van der Waals surface area (Å²) in [4.78, 5) is 4.18. The van der Waals surface area contributed by atoms with Gasteiger partial charge in [0.15, 0.2) is 0 Å². The summed E-state index contributed by atoms with van der Waals surface area (Å²) in [6, 6.07) is 16.6. The summed E-state index contributed by atoms with van der Waals surface area (Å²) in [6.07, 6.45) is 4.11. The van der Waals surface area contributed by atoms with E-state index in [4.69, 9.17) is 21.1 Å². The number of hydrogen-bond donors (Lipinski definition) is 2. The maximum atomic E-state index is 11.6. The number of pyridine rings is 1. The van der Waals surface area contributed by atoms with Crippen LogP contribution in [-0.2, 0) is 15.9 Å². The van der Waals surface area contributed by atoms with Gasteiger partial charge in [-0.1, -0.05) is 42.8 Å². The van der Waals surface area contributed by atoms with E-state index < -0.39 is 11.2 Å². The van der Waals surface area contributed by atoms with Crippen molar-refractivity contribution >= 4 is 22.4 Å². The summed E-state index contributed by atoms with van der Waals surface area (Å²) >= 11 is 5.92. The SMILES string of the molecule is CCC12CC[C@](CCOc3ccc(Cl)cn3)(O1)c1c2c(O)n(-c2ccc(C#N)c3ccccc23)c1O. The molecule has 0 aliphatic carbocycles. The predicted octanol–water partition coefficient (Wildman–Crippen LogP) is 6.06. The van der Waals surface area contributed by atoms with Crippen LogP contribution in [0.4, 0.5) is 0 Å². The summed E-state index contributed by atoms with van der Waals surface area (Å²) in [5, 5.41) is 34.8. The predicted molar refractivity (Wildman–Crippen MR) is 135 cm³/mol. The Bertz CT molecular complexity index is 1540. The van der Waals surface area contributed by atoms with Crippen LogP contribution < -0.4 is 4.74 Å². The number of benzene rings is 2. The van der Waals surface area contributed by atoms with E-state index in [1.165, 1.54) is 10.8 Å². The van der Waals surface area contributed by atoms with Gasteiger partial charge in [0.2, 0.25) is 17.6 Å². The largest absolute Gasteiger partial charge is 0.494 e. The molecule has 2 atom stereocenters. The third-order valence-electron chi connectivity index (χ3n) is 7.65. The van der Waals surface area contributed by atoms with E-state index in [-0.39, 0.29) is 11.8 Å². The fraction of sp³-hybridized carbons (Fsp3) is 0.286. The first-order valence-electron chi connectivity index (χ1n) is 12.0. The molecule has 2 aliphatic rings. The van der Waals surface area contributed by atoms with Crippen LogP contribution in [0.1, 0.15) is 49.3 Å². The van der Waals surface area contributed by atoms with Gasteiger partial charge < -0.3 is 19.7 Å². The minimum absolute atomic E-state index is 0.0268. The van der Waals surface area contributed by atoms with Gasteiger partial charge in [0.1, 0.15) is 5.60 Å². The third-order valence-corrected chi connectivity index (χ3v) is 7.87. The molecule has 2 aromatic heterocycles. The van der Waals surface area contributed by atoms with Gasteiger partial charge in [-0.3, -0.25) is 4.57 Å². The molecule has 7 nitrogen and oxygen atoms in total. The number of rotatable bonds is 6. The lowest BCUT2D eigenvalue weighted by molar-refractivity contribution is -0.0987. The molecule has 182 valence electrons. The molecular weight excluding hydrogens is 478 g/mol. The second kappa shape index (κ2) is 8.16. The standard InChI is InChI=1S/C28H24ClN3O4/c1-2-27-11-12-28(36-27,13-14-35-22-10-8-18(29)16-31-22)24-23(27)25(33)32(26(24)34)21-9-7-17(15-30)19-5-3-4-6-20(19)21/h3-10,16,33-34H,2,11-14H2,1H3/t27?,28-/m1/s1. The molecule has 0 spiro atoms. The summed E-state index contributed by atoms with van der Waals surface area (Å²) < 4.78 is 14.0. The third kappa shape index (κ3) is 3.11. The Kier molecular flexibility index (Phi) is 5.15. The molecule has 1 fully saturated rings. The zero-order valence-electron chi connectivity index (χ0n) is 19.7. The number of hydrogen-bond acceptors (Lipinski definition) is 6. The monoisotopic (exact) mass is 501 g/mol. The van der Waals surface area contributed by atoms with Crippen molar-refractivity contribution in [2.24, 2.45) is 0 Å². The van der Waals surface area contributed by atoms with Crippen LogP contribution in [0.3, 0.4) is 0 Å². The zero-order chi connectivity index (χ0) is 25.1. The molecule has 1 unspecified atom stereocenters. The van der Waals surface area contributed by atoms with Crippen LogP contribution in [-0.4, -0.2) is 26.4 Å². The molecular formula is C28H24ClN3O4. The van der Waals surface area contributed by atoms with E-state index in [1.807, 2.05) is 31.2 Å². The second-order valence-corrected chi connectivity index (χ2v) is 9.82. The summed E-state index contributed by atoms with van der Waals surface area (Å²) in [5.74, 6) is 0.389. The fourth-order valence-electron chi connectivity index (χ4n) is 5.94. The van der Waals surface area contributed by atoms with E-state index in [2.05, 4.69) is 11.1 Å². The highest BCUT2D eigenvalue weighted by Crippen LogP contribution is 2.66. The first-order valence-corrected chi connectivity index (χ1v) is 12.4. The van der Waals surface area contributed by atoms with Gasteiger partial charge in [-0.25, -0.2) is 4.98 Å². The van der Waals surface area contributed by atoms with Crippen molar-refractivity contribution in [1.82, 2.24) is 9.55 Å². The highest BCUT2D eigenvalue weighted by Gasteiger charge is 2.62. The van der Waals surface area contributed by atoms with E-state index in [1.54, 1.807) is 24.3 Å². The molecule has 0 radical (unpaired) electrons. The maximum Gasteiger partial charge on any atom is 0.213 e. The molecule has 4 heterocycles. The van der Waals surface area contributed by atoms with Gasteiger partial charge >= 0.3 is 0 Å². The number of nitriles is 1. The van der Waals surface area contributed by atoms with Crippen LogP contribution >= 0.6 is 11.6 Å². The van der Waals surface area contributed by atoms with Crippen LogP contribution in [0.25, 0.3) is 16.5 Å². The normalized spacial score (nSPS) is 22.0. The highest BCUT2D eigenvalue weighted by atomic mass is 35.5. The van der Waals surface area contributed by atoms with Crippen molar-refractivity contribution in [2.75, 3.05) is 6.61 Å². The molecule has 0 amide bonds. The average molecular weight is 502 g/mol. The summed E-state index contributed by atoms with van der Waals surface area (Å²) in [6.45, 7) is 2.35. The molecule has 2 aliphatic heterocycles. The van der Waals surface area contributed by atoms with Crippen LogP contribution in [0, 0.1) is 11.3 Å². The van der Waals surface area contributed by atoms with E-state index in [9.17, 15) is 15.5 Å². The molecule has 0 saturated carbocycles. The van der Waals surface area contributed by atoms with Crippen LogP contribution in [0.5, 0.6) is 17.6 Å².